The number of nitrogens with zero attached hydrogens (tertiary/aromatic N) is 5. The Kier molecular flexibility index (Phi) is 5.39. The number of carbonyl (C=O) groups excluding carboxylic acids is 1. The molecule has 0 fully saturated rings. The number of halogens is 2. The third kappa shape index (κ3) is 4.56. The van der Waals surface area contributed by atoms with Crippen LogP contribution in [0, 0.1) is 10.1 Å². The lowest BCUT2D eigenvalue weighted by Gasteiger charge is -2.03. The molecule has 1 amide bonds. The van der Waals surface area contributed by atoms with Gasteiger partial charge in [-0.25, -0.2) is 5.43 Å². The minimum absolute atomic E-state index is 0.0295. The number of phenols is 1. The molecule has 1 aromatic heterocycles. The lowest BCUT2D eigenvalue weighted by molar-refractivity contribution is -0.394. The highest BCUT2D eigenvalue weighted by Crippen LogP contribution is 2.30. The highest BCUT2D eigenvalue weighted by atomic mass is 79.9. The molecule has 2 N–H and O–H groups in total. The van der Waals surface area contributed by atoms with Crippen molar-refractivity contribution in [2.45, 2.75) is 6.54 Å². The molecule has 0 aliphatic carbocycles. The van der Waals surface area contributed by atoms with Crippen molar-refractivity contribution in [2.24, 2.45) is 5.10 Å². The summed E-state index contributed by atoms with van der Waals surface area (Å²) in [5.41, 5.74) is 2.59. The SMILES string of the molecule is O=C(Cn1cnc([N+](=O)[O-])n1)N/N=C/c1cc(Br)cc(Br)c1O. The predicted octanol–water partition coefficient (Wildman–Crippen LogP) is 1.57. The number of nitro groups is 1. The van der Waals surface area contributed by atoms with Crippen molar-refractivity contribution < 1.29 is 14.8 Å². The lowest BCUT2D eigenvalue weighted by atomic mass is 10.2. The van der Waals surface area contributed by atoms with Gasteiger partial charge in [-0.05, 0) is 33.0 Å². The molecule has 23 heavy (non-hydrogen) atoms. The number of phenolic OH excluding ortho intramolecular Hbond substituents is 1. The van der Waals surface area contributed by atoms with Crippen LogP contribution in [0.2, 0.25) is 0 Å². The van der Waals surface area contributed by atoms with E-state index in [-0.39, 0.29) is 12.3 Å². The van der Waals surface area contributed by atoms with Gasteiger partial charge in [-0.1, -0.05) is 20.9 Å². The van der Waals surface area contributed by atoms with Gasteiger partial charge in [-0.15, -0.1) is 0 Å². The zero-order valence-electron chi connectivity index (χ0n) is 11.2. The fraction of sp³-hybridized carbons (Fsp3) is 0.0909. The summed E-state index contributed by atoms with van der Waals surface area (Å²) in [5.74, 6) is -1.18. The van der Waals surface area contributed by atoms with Crippen molar-refractivity contribution in [3.63, 3.8) is 0 Å². The third-order valence-electron chi connectivity index (χ3n) is 2.44. The minimum Gasteiger partial charge on any atom is -0.506 e. The summed E-state index contributed by atoms with van der Waals surface area (Å²) in [5, 5.41) is 27.4. The van der Waals surface area contributed by atoms with Gasteiger partial charge in [0, 0.05) is 15.1 Å². The van der Waals surface area contributed by atoms with Crippen molar-refractivity contribution in [1.82, 2.24) is 20.2 Å². The van der Waals surface area contributed by atoms with Crippen LogP contribution in [0.5, 0.6) is 5.75 Å². The lowest BCUT2D eigenvalue weighted by Crippen LogP contribution is -2.23. The predicted molar refractivity (Wildman–Crippen MR) is 85.9 cm³/mol. The average molecular weight is 448 g/mol. The zero-order chi connectivity index (χ0) is 17.0. The molecule has 0 aliphatic rings. The molecular weight excluding hydrogens is 440 g/mol. The van der Waals surface area contributed by atoms with Crippen molar-refractivity contribution in [3.05, 3.63) is 43.1 Å². The Morgan fingerprint density at radius 2 is 2.26 bits per heavy atom. The fourth-order valence-corrected chi connectivity index (χ4v) is 2.74. The first kappa shape index (κ1) is 17.0. The molecule has 1 heterocycles. The molecule has 0 bridgehead atoms. The second-order valence-corrected chi connectivity index (χ2v) is 5.89. The highest BCUT2D eigenvalue weighted by molar-refractivity contribution is 9.11. The number of aromatic nitrogens is 3. The normalized spacial score (nSPS) is 10.9. The van der Waals surface area contributed by atoms with Crippen LogP contribution in [-0.2, 0) is 11.3 Å². The molecular formula is C11H8Br2N6O4. The van der Waals surface area contributed by atoms with E-state index in [9.17, 15) is 20.0 Å². The van der Waals surface area contributed by atoms with E-state index in [1.807, 2.05) is 0 Å². The first-order valence-corrected chi connectivity index (χ1v) is 7.49. The van der Waals surface area contributed by atoms with E-state index in [1.165, 1.54) is 6.21 Å². The number of rotatable bonds is 5. The Balaban J connectivity index is 1.97. The largest absolute Gasteiger partial charge is 0.506 e. The van der Waals surface area contributed by atoms with Gasteiger partial charge < -0.3 is 15.2 Å². The van der Waals surface area contributed by atoms with Crippen LogP contribution >= 0.6 is 31.9 Å². The first-order chi connectivity index (χ1) is 10.9. The molecule has 0 radical (unpaired) electrons. The van der Waals surface area contributed by atoms with Gasteiger partial charge in [0.05, 0.1) is 10.7 Å². The second-order valence-electron chi connectivity index (χ2n) is 4.12. The standard InChI is InChI=1S/C11H8Br2N6O4/c12-7-1-6(10(21)8(13)2-7)3-15-16-9(20)4-18-5-14-11(17-18)19(22)23/h1-3,5,21H,4H2,(H,16,20)/b15-3+. The van der Waals surface area contributed by atoms with Crippen molar-refractivity contribution in [2.75, 3.05) is 0 Å². The molecule has 2 aromatic rings. The van der Waals surface area contributed by atoms with Gasteiger partial charge in [-0.2, -0.15) is 9.78 Å². The van der Waals surface area contributed by atoms with E-state index in [4.69, 9.17) is 0 Å². The maximum Gasteiger partial charge on any atom is 0.490 e. The van der Waals surface area contributed by atoms with Crippen LogP contribution in [0.4, 0.5) is 5.95 Å². The van der Waals surface area contributed by atoms with E-state index in [0.717, 1.165) is 11.0 Å². The summed E-state index contributed by atoms with van der Waals surface area (Å²) in [6.45, 7) is -0.285. The van der Waals surface area contributed by atoms with Crippen molar-refractivity contribution >= 4 is 49.9 Å². The summed E-state index contributed by atoms with van der Waals surface area (Å²) in [6, 6.07) is 3.26. The quantitative estimate of drug-likeness (QED) is 0.405. The van der Waals surface area contributed by atoms with Crippen molar-refractivity contribution in [1.29, 1.82) is 0 Å². The topological polar surface area (TPSA) is 136 Å². The van der Waals surface area contributed by atoms with Gasteiger partial charge >= 0.3 is 5.95 Å². The van der Waals surface area contributed by atoms with Crippen LogP contribution in [0.3, 0.4) is 0 Å². The molecule has 1 aromatic carbocycles. The van der Waals surface area contributed by atoms with E-state index >= 15 is 0 Å². The Morgan fingerprint density at radius 1 is 1.52 bits per heavy atom. The van der Waals surface area contributed by atoms with Crippen LogP contribution in [0.25, 0.3) is 0 Å². The van der Waals surface area contributed by atoms with E-state index in [0.29, 0.717) is 14.5 Å². The van der Waals surface area contributed by atoms with Crippen LogP contribution in [-0.4, -0.2) is 36.9 Å². The van der Waals surface area contributed by atoms with Gasteiger partial charge in [0.25, 0.3) is 5.91 Å². The smallest absolute Gasteiger partial charge is 0.490 e. The molecule has 12 heteroatoms. The van der Waals surface area contributed by atoms with Crippen molar-refractivity contribution in [3.8, 4) is 5.75 Å². The fourth-order valence-electron chi connectivity index (χ4n) is 1.49. The molecule has 2 rings (SSSR count). The Bertz CT molecular complexity index is 791. The molecule has 0 saturated heterocycles. The molecule has 0 unspecified atom stereocenters. The molecule has 0 saturated carbocycles. The van der Waals surface area contributed by atoms with E-state index in [2.05, 4.69) is 52.5 Å². The summed E-state index contributed by atoms with van der Waals surface area (Å²) in [7, 11) is 0. The summed E-state index contributed by atoms with van der Waals surface area (Å²) >= 11 is 6.44. The maximum absolute atomic E-state index is 11.6. The van der Waals surface area contributed by atoms with E-state index in [1.54, 1.807) is 12.1 Å². The van der Waals surface area contributed by atoms with Crippen LogP contribution in [0.1, 0.15) is 5.56 Å². The Morgan fingerprint density at radius 3 is 2.91 bits per heavy atom. The molecule has 0 aliphatic heterocycles. The second kappa shape index (κ2) is 7.28. The number of nitrogens with one attached hydrogen (secondary N) is 1. The average Bonchev–Trinajstić information content (AvgIpc) is 2.92. The summed E-state index contributed by atoms with van der Waals surface area (Å²) in [4.78, 5) is 24.7. The van der Waals surface area contributed by atoms with Gasteiger partial charge in [0.15, 0.2) is 0 Å². The molecule has 0 spiro atoms. The Hall–Kier alpha value is -2.34. The highest BCUT2D eigenvalue weighted by Gasteiger charge is 2.14. The van der Waals surface area contributed by atoms with Gasteiger partial charge in [0.1, 0.15) is 12.3 Å². The number of aromatic hydroxyl groups is 1. The summed E-state index contributed by atoms with van der Waals surface area (Å²) in [6.07, 6.45) is 2.32. The summed E-state index contributed by atoms with van der Waals surface area (Å²) < 4.78 is 2.19. The zero-order valence-corrected chi connectivity index (χ0v) is 14.4. The molecule has 120 valence electrons. The maximum atomic E-state index is 11.6. The van der Waals surface area contributed by atoms with Crippen LogP contribution in [0.15, 0.2) is 32.5 Å². The number of hydrogen-bond acceptors (Lipinski definition) is 7. The van der Waals surface area contributed by atoms with Gasteiger partial charge in [-0.3, -0.25) is 4.79 Å². The number of hydrogen-bond donors (Lipinski definition) is 2. The van der Waals surface area contributed by atoms with Gasteiger partial charge in [0.2, 0.25) is 6.33 Å². The first-order valence-electron chi connectivity index (χ1n) is 5.90. The molecule has 0 atom stereocenters. The molecule has 10 nitrogen and oxygen atoms in total. The minimum atomic E-state index is -0.763. The number of amides is 1. The Labute approximate surface area is 145 Å². The number of benzene rings is 1. The monoisotopic (exact) mass is 446 g/mol. The number of carbonyl (C=O) groups is 1. The van der Waals surface area contributed by atoms with E-state index < -0.39 is 16.8 Å². The van der Waals surface area contributed by atoms with Crippen LogP contribution < -0.4 is 5.43 Å². The third-order valence-corrected chi connectivity index (χ3v) is 3.51. The number of hydrazone groups is 1.